The topological polar surface area (TPSA) is 79.0 Å². The molecule has 1 aromatic carbocycles. The van der Waals surface area contributed by atoms with Crippen LogP contribution in [0.5, 0.6) is 0 Å². The molecule has 2 aliphatic rings. The molecular formula is C18H23N3O4. The molecule has 0 aliphatic carbocycles. The predicted octanol–water partition coefficient (Wildman–Crippen LogP) is 1.39. The maximum atomic E-state index is 12.0. The van der Waals surface area contributed by atoms with Crippen molar-refractivity contribution in [2.45, 2.75) is 25.7 Å². The van der Waals surface area contributed by atoms with Gasteiger partial charge >= 0.3 is 0 Å². The molecule has 134 valence electrons. The standard InChI is InChI=1S/C18H23N3O4/c22-16(7-8-17(23)20-10-12-25-13-11-20)19-14-3-5-15(6-4-14)21-9-1-2-18(21)24/h3-6H,1-2,7-13H2,(H,19,22). The molecule has 0 unspecified atom stereocenters. The van der Waals surface area contributed by atoms with Gasteiger partial charge in [0.1, 0.15) is 0 Å². The van der Waals surface area contributed by atoms with Gasteiger partial charge in [0.05, 0.1) is 13.2 Å². The molecule has 0 atom stereocenters. The second kappa shape index (κ2) is 8.11. The number of carbonyl (C=O) groups excluding carboxylic acids is 3. The zero-order valence-corrected chi connectivity index (χ0v) is 14.2. The zero-order chi connectivity index (χ0) is 17.6. The van der Waals surface area contributed by atoms with Crippen LogP contribution in [0.3, 0.4) is 0 Å². The third-order valence-corrected chi connectivity index (χ3v) is 4.47. The maximum Gasteiger partial charge on any atom is 0.227 e. The minimum atomic E-state index is -0.188. The van der Waals surface area contributed by atoms with Crippen LogP contribution in [-0.4, -0.2) is 55.5 Å². The van der Waals surface area contributed by atoms with Crippen LogP contribution in [0, 0.1) is 0 Å². The van der Waals surface area contributed by atoms with E-state index in [1.807, 2.05) is 12.1 Å². The minimum absolute atomic E-state index is 0.0126. The number of morpholine rings is 1. The summed E-state index contributed by atoms with van der Waals surface area (Å²) in [7, 11) is 0. The molecule has 2 saturated heterocycles. The highest BCUT2D eigenvalue weighted by molar-refractivity contribution is 5.96. The Morgan fingerprint density at radius 3 is 2.40 bits per heavy atom. The summed E-state index contributed by atoms with van der Waals surface area (Å²) in [6, 6.07) is 7.22. The third-order valence-electron chi connectivity index (χ3n) is 4.47. The molecule has 0 saturated carbocycles. The minimum Gasteiger partial charge on any atom is -0.378 e. The quantitative estimate of drug-likeness (QED) is 0.875. The average molecular weight is 345 g/mol. The predicted molar refractivity (Wildman–Crippen MR) is 93.3 cm³/mol. The van der Waals surface area contributed by atoms with E-state index in [-0.39, 0.29) is 30.6 Å². The number of rotatable bonds is 5. The van der Waals surface area contributed by atoms with Crippen LogP contribution < -0.4 is 10.2 Å². The number of carbonyl (C=O) groups is 3. The molecule has 25 heavy (non-hydrogen) atoms. The molecule has 7 heteroatoms. The van der Waals surface area contributed by atoms with Crippen molar-refractivity contribution in [3.63, 3.8) is 0 Å². The Morgan fingerprint density at radius 2 is 1.76 bits per heavy atom. The van der Waals surface area contributed by atoms with Crippen LogP contribution in [0.4, 0.5) is 11.4 Å². The highest BCUT2D eigenvalue weighted by Crippen LogP contribution is 2.23. The fraction of sp³-hybridized carbons (Fsp3) is 0.500. The van der Waals surface area contributed by atoms with Gasteiger partial charge in [0.2, 0.25) is 17.7 Å². The lowest BCUT2D eigenvalue weighted by Crippen LogP contribution is -2.40. The van der Waals surface area contributed by atoms with E-state index in [2.05, 4.69) is 5.32 Å². The van der Waals surface area contributed by atoms with Gasteiger partial charge in [0, 0.05) is 50.3 Å². The summed E-state index contributed by atoms with van der Waals surface area (Å²) in [6.07, 6.45) is 1.83. The van der Waals surface area contributed by atoms with Gasteiger partial charge in [-0.15, -0.1) is 0 Å². The van der Waals surface area contributed by atoms with Crippen molar-refractivity contribution >= 4 is 29.1 Å². The van der Waals surface area contributed by atoms with Gasteiger partial charge in [-0.05, 0) is 30.7 Å². The number of hydrogen-bond donors (Lipinski definition) is 1. The van der Waals surface area contributed by atoms with Crippen LogP contribution in [-0.2, 0) is 19.1 Å². The van der Waals surface area contributed by atoms with Crippen molar-refractivity contribution in [3.05, 3.63) is 24.3 Å². The SMILES string of the molecule is O=C(CCC(=O)N1CCOCC1)Nc1ccc(N2CCCC2=O)cc1. The summed E-state index contributed by atoms with van der Waals surface area (Å²) in [6.45, 7) is 3.05. The molecule has 0 bridgehead atoms. The Labute approximate surface area is 146 Å². The van der Waals surface area contributed by atoms with Crippen molar-refractivity contribution in [2.75, 3.05) is 43.1 Å². The van der Waals surface area contributed by atoms with Gasteiger partial charge in [-0.3, -0.25) is 14.4 Å². The van der Waals surface area contributed by atoms with Crippen molar-refractivity contribution in [2.24, 2.45) is 0 Å². The number of amides is 3. The molecule has 7 nitrogen and oxygen atoms in total. The first-order valence-corrected chi connectivity index (χ1v) is 8.69. The van der Waals surface area contributed by atoms with E-state index in [0.717, 1.165) is 18.7 Å². The van der Waals surface area contributed by atoms with Crippen molar-refractivity contribution < 1.29 is 19.1 Å². The van der Waals surface area contributed by atoms with Crippen LogP contribution in [0.2, 0.25) is 0 Å². The summed E-state index contributed by atoms with van der Waals surface area (Å²) in [4.78, 5) is 39.3. The summed E-state index contributed by atoms with van der Waals surface area (Å²) < 4.78 is 5.21. The second-order valence-corrected chi connectivity index (χ2v) is 6.24. The summed E-state index contributed by atoms with van der Waals surface area (Å²) in [5.41, 5.74) is 1.52. The molecule has 1 aromatic rings. The molecule has 1 N–H and O–H groups in total. The average Bonchev–Trinajstić information content (AvgIpc) is 3.07. The summed E-state index contributed by atoms with van der Waals surface area (Å²) in [5.74, 6) is -0.0636. The monoisotopic (exact) mass is 345 g/mol. The number of ether oxygens (including phenoxy) is 1. The first-order valence-electron chi connectivity index (χ1n) is 8.69. The molecule has 0 aromatic heterocycles. The Hall–Kier alpha value is -2.41. The normalized spacial score (nSPS) is 17.7. The number of anilines is 2. The van der Waals surface area contributed by atoms with Gasteiger partial charge in [-0.25, -0.2) is 0 Å². The molecular weight excluding hydrogens is 322 g/mol. The highest BCUT2D eigenvalue weighted by Gasteiger charge is 2.21. The Balaban J connectivity index is 1.46. The lowest BCUT2D eigenvalue weighted by molar-refractivity contribution is -0.136. The van der Waals surface area contributed by atoms with Gasteiger partial charge in [0.25, 0.3) is 0 Å². The van der Waals surface area contributed by atoms with Crippen molar-refractivity contribution in [1.29, 1.82) is 0 Å². The first kappa shape index (κ1) is 17.4. The fourth-order valence-electron chi connectivity index (χ4n) is 3.06. The molecule has 0 spiro atoms. The highest BCUT2D eigenvalue weighted by atomic mass is 16.5. The van der Waals surface area contributed by atoms with Gasteiger partial charge in [-0.1, -0.05) is 0 Å². The third kappa shape index (κ3) is 4.57. The van der Waals surface area contributed by atoms with E-state index in [1.165, 1.54) is 0 Å². The number of hydrogen-bond acceptors (Lipinski definition) is 4. The van der Waals surface area contributed by atoms with E-state index >= 15 is 0 Å². The molecule has 3 amide bonds. The Morgan fingerprint density at radius 1 is 1.04 bits per heavy atom. The van der Waals surface area contributed by atoms with E-state index in [9.17, 15) is 14.4 Å². The van der Waals surface area contributed by atoms with E-state index in [4.69, 9.17) is 4.74 Å². The molecule has 2 heterocycles. The smallest absolute Gasteiger partial charge is 0.227 e. The van der Waals surface area contributed by atoms with E-state index in [0.29, 0.717) is 38.4 Å². The van der Waals surface area contributed by atoms with E-state index < -0.39 is 0 Å². The lowest BCUT2D eigenvalue weighted by atomic mass is 10.2. The van der Waals surface area contributed by atoms with Gasteiger partial charge in [0.15, 0.2) is 0 Å². The van der Waals surface area contributed by atoms with Crippen LogP contribution in [0.1, 0.15) is 25.7 Å². The number of benzene rings is 1. The van der Waals surface area contributed by atoms with Crippen molar-refractivity contribution in [1.82, 2.24) is 4.90 Å². The van der Waals surface area contributed by atoms with E-state index in [1.54, 1.807) is 21.9 Å². The van der Waals surface area contributed by atoms with Gasteiger partial charge in [-0.2, -0.15) is 0 Å². The fourth-order valence-corrected chi connectivity index (χ4v) is 3.06. The maximum absolute atomic E-state index is 12.0. The lowest BCUT2D eigenvalue weighted by Gasteiger charge is -2.26. The molecule has 3 rings (SSSR count). The molecule has 2 aliphatic heterocycles. The molecule has 2 fully saturated rings. The Kier molecular flexibility index (Phi) is 5.65. The van der Waals surface area contributed by atoms with Crippen LogP contribution in [0.25, 0.3) is 0 Å². The van der Waals surface area contributed by atoms with Crippen molar-refractivity contribution in [3.8, 4) is 0 Å². The first-order chi connectivity index (χ1) is 12.1. The second-order valence-electron chi connectivity index (χ2n) is 6.24. The molecule has 0 radical (unpaired) electrons. The number of nitrogens with one attached hydrogen (secondary N) is 1. The summed E-state index contributed by atoms with van der Waals surface area (Å²) >= 11 is 0. The summed E-state index contributed by atoms with van der Waals surface area (Å²) in [5, 5.41) is 2.79. The Bertz CT molecular complexity index is 638. The zero-order valence-electron chi connectivity index (χ0n) is 14.2. The van der Waals surface area contributed by atoms with Crippen LogP contribution >= 0.6 is 0 Å². The van der Waals surface area contributed by atoms with Crippen LogP contribution in [0.15, 0.2) is 24.3 Å². The number of nitrogens with zero attached hydrogens (tertiary/aromatic N) is 2. The largest absolute Gasteiger partial charge is 0.378 e. The van der Waals surface area contributed by atoms with Gasteiger partial charge < -0.3 is 19.9 Å².